The molecule has 1 aromatic heterocycles. The molecule has 1 aromatic carbocycles. The molecule has 0 bridgehead atoms. The van der Waals surface area contributed by atoms with Gasteiger partial charge in [-0.25, -0.2) is 9.97 Å². The predicted molar refractivity (Wildman–Crippen MR) is 69.7 cm³/mol. The Bertz CT molecular complexity index is 450. The van der Waals surface area contributed by atoms with Gasteiger partial charge in [0, 0.05) is 31.6 Å². The molecule has 0 saturated carbocycles. The van der Waals surface area contributed by atoms with E-state index in [-0.39, 0.29) is 0 Å². The van der Waals surface area contributed by atoms with Crippen molar-refractivity contribution < 1.29 is 0 Å². The van der Waals surface area contributed by atoms with Crippen LogP contribution in [0.4, 0.5) is 5.82 Å². The summed E-state index contributed by atoms with van der Waals surface area (Å²) in [6.45, 7) is 4.56. The number of nitrogen functional groups attached to an aromatic ring is 1. The highest BCUT2D eigenvalue weighted by Gasteiger charge is 1.95. The Labute approximate surface area is 100 Å². The number of fused-ring (bicyclic) bond motifs is 1. The predicted octanol–water partition coefficient (Wildman–Crippen LogP) is 0.391. The van der Waals surface area contributed by atoms with Crippen LogP contribution in [0, 0.1) is 0 Å². The molecule has 3 rings (SSSR count). The Morgan fingerprint density at radius 2 is 1.59 bits per heavy atom. The van der Waals surface area contributed by atoms with Gasteiger partial charge in [0.05, 0.1) is 5.52 Å². The molecule has 1 aliphatic heterocycles. The average molecular weight is 231 g/mol. The van der Waals surface area contributed by atoms with Crippen LogP contribution >= 0.6 is 0 Å². The van der Waals surface area contributed by atoms with E-state index in [1.165, 1.54) is 6.33 Å². The molecular weight excluding hydrogens is 214 g/mol. The third-order valence-electron chi connectivity index (χ3n) is 2.53. The van der Waals surface area contributed by atoms with Crippen LogP contribution in [0.25, 0.3) is 10.9 Å². The fourth-order valence-electron chi connectivity index (χ4n) is 1.63. The first-order valence-electron chi connectivity index (χ1n) is 5.74. The van der Waals surface area contributed by atoms with E-state index in [9.17, 15) is 0 Å². The standard InChI is InChI=1S/C8H7N3.C4H10N2/c9-8-6-3-1-2-4-7(6)10-5-11-8;1-2-6-4-3-5-1/h1-5H,(H2,9,10,11);5-6H,1-4H2. The Morgan fingerprint density at radius 1 is 0.941 bits per heavy atom. The molecule has 5 nitrogen and oxygen atoms in total. The fourth-order valence-corrected chi connectivity index (χ4v) is 1.63. The summed E-state index contributed by atoms with van der Waals surface area (Å²) < 4.78 is 0. The van der Waals surface area contributed by atoms with E-state index in [1.807, 2.05) is 24.3 Å². The highest BCUT2D eigenvalue weighted by Crippen LogP contribution is 2.14. The first-order chi connectivity index (χ1) is 8.38. The Kier molecular flexibility index (Phi) is 4.23. The van der Waals surface area contributed by atoms with Gasteiger partial charge >= 0.3 is 0 Å². The van der Waals surface area contributed by atoms with Crippen molar-refractivity contribution in [3.05, 3.63) is 30.6 Å². The van der Waals surface area contributed by atoms with Gasteiger partial charge in [-0.05, 0) is 12.1 Å². The van der Waals surface area contributed by atoms with E-state index in [4.69, 9.17) is 5.73 Å². The first-order valence-corrected chi connectivity index (χ1v) is 5.74. The molecule has 1 fully saturated rings. The summed E-state index contributed by atoms with van der Waals surface area (Å²) in [5, 5.41) is 7.36. The smallest absolute Gasteiger partial charge is 0.134 e. The van der Waals surface area contributed by atoms with Gasteiger partial charge in [-0.1, -0.05) is 12.1 Å². The third kappa shape index (κ3) is 3.37. The average Bonchev–Trinajstić information content (AvgIpc) is 2.42. The SMILES string of the molecule is C1CNCCN1.Nc1ncnc2ccccc12. The second-order valence-corrected chi connectivity index (χ2v) is 3.78. The highest BCUT2D eigenvalue weighted by molar-refractivity contribution is 5.87. The zero-order chi connectivity index (χ0) is 11.9. The van der Waals surface area contributed by atoms with Crippen molar-refractivity contribution >= 4 is 16.7 Å². The lowest BCUT2D eigenvalue weighted by atomic mass is 10.2. The molecule has 0 aliphatic carbocycles. The molecule has 0 atom stereocenters. The van der Waals surface area contributed by atoms with E-state index in [1.54, 1.807) is 0 Å². The molecule has 0 amide bonds. The fraction of sp³-hybridized carbons (Fsp3) is 0.333. The van der Waals surface area contributed by atoms with Crippen LogP contribution in [0.3, 0.4) is 0 Å². The number of piperazine rings is 1. The topological polar surface area (TPSA) is 75.9 Å². The molecule has 0 spiro atoms. The number of benzene rings is 1. The third-order valence-corrected chi connectivity index (χ3v) is 2.53. The number of nitrogens with one attached hydrogen (secondary N) is 2. The zero-order valence-electron chi connectivity index (χ0n) is 9.69. The number of hydrogen-bond donors (Lipinski definition) is 3. The van der Waals surface area contributed by atoms with Gasteiger partial charge in [-0.15, -0.1) is 0 Å². The van der Waals surface area contributed by atoms with E-state index in [2.05, 4.69) is 20.6 Å². The Hall–Kier alpha value is -1.72. The van der Waals surface area contributed by atoms with Gasteiger partial charge in [0.25, 0.3) is 0 Å². The Balaban J connectivity index is 0.000000153. The second-order valence-electron chi connectivity index (χ2n) is 3.78. The summed E-state index contributed by atoms with van der Waals surface area (Å²) in [4.78, 5) is 7.92. The molecule has 90 valence electrons. The van der Waals surface area contributed by atoms with Gasteiger partial charge in [0.15, 0.2) is 0 Å². The van der Waals surface area contributed by atoms with Crippen LogP contribution in [-0.2, 0) is 0 Å². The molecule has 2 aromatic rings. The molecule has 1 saturated heterocycles. The summed E-state index contributed by atoms with van der Waals surface area (Å²) >= 11 is 0. The molecule has 2 heterocycles. The number of rotatable bonds is 0. The van der Waals surface area contributed by atoms with Crippen LogP contribution < -0.4 is 16.4 Å². The van der Waals surface area contributed by atoms with E-state index in [0.717, 1.165) is 37.1 Å². The van der Waals surface area contributed by atoms with Gasteiger partial charge in [0.2, 0.25) is 0 Å². The van der Waals surface area contributed by atoms with Crippen LogP contribution in [0.5, 0.6) is 0 Å². The van der Waals surface area contributed by atoms with E-state index in [0.29, 0.717) is 5.82 Å². The minimum absolute atomic E-state index is 0.538. The number of anilines is 1. The summed E-state index contributed by atoms with van der Waals surface area (Å²) in [7, 11) is 0. The first kappa shape index (κ1) is 11.8. The molecule has 5 heteroatoms. The zero-order valence-corrected chi connectivity index (χ0v) is 9.69. The monoisotopic (exact) mass is 231 g/mol. The maximum Gasteiger partial charge on any atom is 0.134 e. The molecule has 0 unspecified atom stereocenters. The normalized spacial score (nSPS) is 15.1. The molecule has 4 N–H and O–H groups in total. The van der Waals surface area contributed by atoms with Crippen molar-refractivity contribution in [2.75, 3.05) is 31.9 Å². The second kappa shape index (κ2) is 6.12. The van der Waals surface area contributed by atoms with E-state index < -0.39 is 0 Å². The number of para-hydroxylation sites is 1. The summed E-state index contributed by atoms with van der Waals surface area (Å²) in [6, 6.07) is 7.66. The minimum Gasteiger partial charge on any atom is -0.383 e. The molecule has 17 heavy (non-hydrogen) atoms. The summed E-state index contributed by atoms with van der Waals surface area (Å²) in [6.07, 6.45) is 1.47. The maximum absolute atomic E-state index is 5.61. The van der Waals surface area contributed by atoms with Gasteiger partial charge in [-0.2, -0.15) is 0 Å². The lowest BCUT2D eigenvalue weighted by Gasteiger charge is -2.11. The van der Waals surface area contributed by atoms with Gasteiger partial charge in [0.1, 0.15) is 12.1 Å². The van der Waals surface area contributed by atoms with Crippen molar-refractivity contribution in [1.82, 2.24) is 20.6 Å². The van der Waals surface area contributed by atoms with Crippen molar-refractivity contribution in [3.8, 4) is 0 Å². The Morgan fingerprint density at radius 3 is 2.18 bits per heavy atom. The van der Waals surface area contributed by atoms with Crippen molar-refractivity contribution in [2.24, 2.45) is 0 Å². The van der Waals surface area contributed by atoms with Crippen LogP contribution in [-0.4, -0.2) is 36.1 Å². The van der Waals surface area contributed by atoms with Gasteiger partial charge in [-0.3, -0.25) is 0 Å². The minimum atomic E-state index is 0.538. The van der Waals surface area contributed by atoms with Crippen molar-refractivity contribution in [2.45, 2.75) is 0 Å². The van der Waals surface area contributed by atoms with Gasteiger partial charge < -0.3 is 16.4 Å². The van der Waals surface area contributed by atoms with Crippen molar-refractivity contribution in [1.29, 1.82) is 0 Å². The van der Waals surface area contributed by atoms with Crippen molar-refractivity contribution in [3.63, 3.8) is 0 Å². The number of nitrogens with zero attached hydrogens (tertiary/aromatic N) is 2. The number of aromatic nitrogens is 2. The summed E-state index contributed by atoms with van der Waals surface area (Å²) in [5.74, 6) is 0.538. The van der Waals surface area contributed by atoms with Crippen LogP contribution in [0.15, 0.2) is 30.6 Å². The van der Waals surface area contributed by atoms with Crippen LogP contribution in [0.1, 0.15) is 0 Å². The summed E-state index contributed by atoms with van der Waals surface area (Å²) in [5.41, 5.74) is 6.49. The van der Waals surface area contributed by atoms with Crippen LogP contribution in [0.2, 0.25) is 0 Å². The van der Waals surface area contributed by atoms with E-state index >= 15 is 0 Å². The molecular formula is C12H17N5. The number of hydrogen-bond acceptors (Lipinski definition) is 5. The lowest BCUT2D eigenvalue weighted by Crippen LogP contribution is -2.39. The number of nitrogens with two attached hydrogens (primary N) is 1. The maximum atomic E-state index is 5.61. The highest BCUT2D eigenvalue weighted by atomic mass is 15.0. The quantitative estimate of drug-likeness (QED) is 0.611. The molecule has 0 radical (unpaired) electrons. The molecule has 1 aliphatic rings. The lowest BCUT2D eigenvalue weighted by molar-refractivity contribution is 0.534. The largest absolute Gasteiger partial charge is 0.383 e.